The maximum Gasteiger partial charge on any atom is 0.279 e. The molecule has 5 rings (SSSR count). The summed E-state index contributed by atoms with van der Waals surface area (Å²) in [5.74, 6) is -0.353. The van der Waals surface area contributed by atoms with Crippen molar-refractivity contribution in [3.63, 3.8) is 0 Å². The number of aryl methyl sites for hydroxylation is 2. The first-order chi connectivity index (χ1) is 16.6. The van der Waals surface area contributed by atoms with Gasteiger partial charge in [-0.2, -0.15) is 0 Å². The fourth-order valence-corrected chi connectivity index (χ4v) is 5.46. The van der Waals surface area contributed by atoms with Gasteiger partial charge in [0.2, 0.25) is 0 Å². The molecule has 3 amide bonds. The van der Waals surface area contributed by atoms with Crippen LogP contribution < -0.4 is 20.9 Å². The van der Waals surface area contributed by atoms with Crippen LogP contribution in [-0.4, -0.2) is 23.8 Å². The number of hydrazine groups is 1. The van der Waals surface area contributed by atoms with E-state index in [1.807, 2.05) is 30.3 Å². The fourth-order valence-electron chi connectivity index (χ4n) is 4.32. The summed E-state index contributed by atoms with van der Waals surface area (Å²) in [4.78, 5) is 39.7. The zero-order valence-corrected chi connectivity index (χ0v) is 19.4. The molecule has 0 fully saturated rings. The van der Waals surface area contributed by atoms with Gasteiger partial charge in [0.1, 0.15) is 5.75 Å². The Morgan fingerprint density at radius 1 is 0.853 bits per heavy atom. The van der Waals surface area contributed by atoms with Crippen LogP contribution >= 0.6 is 11.3 Å². The smallest absolute Gasteiger partial charge is 0.279 e. The number of rotatable bonds is 4. The molecule has 174 valence electrons. The molecule has 2 aliphatic rings. The second-order valence-corrected chi connectivity index (χ2v) is 9.65. The second kappa shape index (κ2) is 9.69. The molecule has 0 spiro atoms. The molecule has 1 aliphatic heterocycles. The zero-order chi connectivity index (χ0) is 23.5. The van der Waals surface area contributed by atoms with Crippen LogP contribution in [0.2, 0.25) is 0 Å². The number of para-hydroxylation sites is 1. The van der Waals surface area contributed by atoms with Crippen LogP contribution in [0.3, 0.4) is 0 Å². The van der Waals surface area contributed by atoms with Gasteiger partial charge in [-0.25, -0.2) is 0 Å². The molecule has 2 heterocycles. The lowest BCUT2D eigenvalue weighted by Gasteiger charge is -2.12. The number of hydrogen-bond acceptors (Lipinski definition) is 5. The first kappa shape index (κ1) is 22.2. The summed E-state index contributed by atoms with van der Waals surface area (Å²) in [5, 5.41) is 2.81. The normalized spacial score (nSPS) is 16.4. The number of anilines is 1. The Kier molecular flexibility index (Phi) is 6.31. The maximum atomic E-state index is 12.6. The fraction of sp³-hybridized carbons (Fsp3) is 0.269. The van der Waals surface area contributed by atoms with Gasteiger partial charge in [0, 0.05) is 22.5 Å². The van der Waals surface area contributed by atoms with Crippen LogP contribution in [0.5, 0.6) is 5.75 Å². The lowest BCUT2D eigenvalue weighted by atomic mass is 10.1. The first-order valence-corrected chi connectivity index (χ1v) is 12.3. The number of fused-ring (bicyclic) bond motifs is 2. The van der Waals surface area contributed by atoms with Gasteiger partial charge >= 0.3 is 0 Å². The van der Waals surface area contributed by atoms with Crippen LogP contribution in [0.25, 0.3) is 0 Å². The van der Waals surface area contributed by atoms with E-state index >= 15 is 0 Å². The van der Waals surface area contributed by atoms with Crippen molar-refractivity contribution in [3.8, 4) is 5.75 Å². The lowest BCUT2D eigenvalue weighted by molar-refractivity contribution is -0.122. The summed E-state index contributed by atoms with van der Waals surface area (Å²) in [5.41, 5.74) is 8.00. The molecule has 1 atom stereocenters. The van der Waals surface area contributed by atoms with Gasteiger partial charge in [-0.3, -0.25) is 25.2 Å². The van der Waals surface area contributed by atoms with E-state index in [1.54, 1.807) is 24.3 Å². The number of amides is 3. The molecule has 0 saturated heterocycles. The highest BCUT2D eigenvalue weighted by Gasteiger charge is 2.29. The third-order valence-corrected chi connectivity index (χ3v) is 7.33. The SMILES string of the molecule is O=C(NNC(=O)c1cc2c(s1)CCCCC2)c1cccc(NC(=O)C2Cc3ccccc3O2)c1. The quantitative estimate of drug-likeness (QED) is 0.392. The van der Waals surface area contributed by atoms with Crippen LogP contribution in [0, 0.1) is 0 Å². The third-order valence-electron chi connectivity index (χ3n) is 6.09. The summed E-state index contributed by atoms with van der Waals surface area (Å²) in [7, 11) is 0. The molecule has 2 aromatic carbocycles. The number of carbonyl (C=O) groups excluding carboxylic acids is 3. The van der Waals surface area contributed by atoms with E-state index in [0.717, 1.165) is 31.2 Å². The van der Waals surface area contributed by atoms with Gasteiger partial charge in [-0.1, -0.05) is 30.7 Å². The van der Waals surface area contributed by atoms with E-state index in [9.17, 15) is 14.4 Å². The van der Waals surface area contributed by atoms with Gasteiger partial charge < -0.3 is 10.1 Å². The predicted octanol–water partition coefficient (Wildman–Crippen LogP) is 4.03. The van der Waals surface area contributed by atoms with Crippen molar-refractivity contribution in [2.45, 2.75) is 44.6 Å². The topological polar surface area (TPSA) is 96.5 Å². The van der Waals surface area contributed by atoms with Crippen LogP contribution in [0.4, 0.5) is 5.69 Å². The molecule has 0 saturated carbocycles. The van der Waals surface area contributed by atoms with Crippen molar-refractivity contribution in [2.75, 3.05) is 5.32 Å². The summed E-state index contributed by atoms with van der Waals surface area (Å²) in [6.07, 6.45) is 5.42. The molecular formula is C26H25N3O4S. The third kappa shape index (κ3) is 4.82. The molecule has 1 aromatic heterocycles. The average molecular weight is 476 g/mol. The van der Waals surface area contributed by atoms with Crippen LogP contribution in [-0.2, 0) is 24.1 Å². The Hall–Kier alpha value is -3.65. The van der Waals surface area contributed by atoms with E-state index in [-0.39, 0.29) is 11.8 Å². The largest absolute Gasteiger partial charge is 0.480 e. The Morgan fingerprint density at radius 3 is 2.56 bits per heavy atom. The zero-order valence-electron chi connectivity index (χ0n) is 18.6. The highest BCUT2D eigenvalue weighted by atomic mass is 32.1. The number of benzene rings is 2. The molecule has 0 bridgehead atoms. The molecule has 7 nitrogen and oxygen atoms in total. The van der Waals surface area contributed by atoms with E-state index in [4.69, 9.17) is 4.74 Å². The minimum atomic E-state index is -0.616. The van der Waals surface area contributed by atoms with Crippen LogP contribution in [0.15, 0.2) is 54.6 Å². The predicted molar refractivity (Wildman–Crippen MR) is 130 cm³/mol. The highest BCUT2D eigenvalue weighted by Crippen LogP contribution is 2.30. The number of thiophene rings is 1. The molecule has 1 unspecified atom stereocenters. The van der Waals surface area contributed by atoms with E-state index in [0.29, 0.717) is 28.3 Å². The van der Waals surface area contributed by atoms with E-state index in [1.165, 1.54) is 28.2 Å². The number of hydrogen-bond donors (Lipinski definition) is 3. The van der Waals surface area contributed by atoms with Crippen molar-refractivity contribution >= 4 is 34.7 Å². The Morgan fingerprint density at radius 2 is 1.68 bits per heavy atom. The summed E-state index contributed by atoms with van der Waals surface area (Å²) >= 11 is 1.50. The van der Waals surface area contributed by atoms with Gasteiger partial charge in [0.25, 0.3) is 17.7 Å². The van der Waals surface area contributed by atoms with Crippen molar-refractivity contribution < 1.29 is 19.1 Å². The Bertz CT molecular complexity index is 1200. The van der Waals surface area contributed by atoms with Crippen molar-refractivity contribution in [2.24, 2.45) is 0 Å². The summed E-state index contributed by atoms with van der Waals surface area (Å²) < 4.78 is 5.72. The average Bonchev–Trinajstić information content (AvgIpc) is 3.41. The van der Waals surface area contributed by atoms with Crippen molar-refractivity contribution in [1.82, 2.24) is 10.9 Å². The van der Waals surface area contributed by atoms with E-state index < -0.39 is 12.0 Å². The van der Waals surface area contributed by atoms with Crippen molar-refractivity contribution in [3.05, 3.63) is 81.0 Å². The molecule has 34 heavy (non-hydrogen) atoms. The molecule has 0 radical (unpaired) electrons. The van der Waals surface area contributed by atoms with Gasteiger partial charge in [0.15, 0.2) is 6.10 Å². The number of nitrogens with one attached hydrogen (secondary N) is 3. The second-order valence-electron chi connectivity index (χ2n) is 8.52. The van der Waals surface area contributed by atoms with Gasteiger partial charge in [-0.05, 0) is 67.1 Å². The minimum Gasteiger partial charge on any atom is -0.480 e. The minimum absolute atomic E-state index is 0.278. The number of ether oxygens (including phenoxy) is 1. The molecule has 3 N–H and O–H groups in total. The standard InChI is InChI=1S/C26H25N3O4S/c30-24(28-29-26(32)23-15-17-8-2-1-3-12-22(17)34-23)18-9-6-10-19(13-18)27-25(31)21-14-16-7-4-5-11-20(16)33-21/h4-7,9-11,13,15,21H,1-3,8,12,14H2,(H,27,31)(H,28,30)(H,29,32). The number of carbonyl (C=O) groups is 3. The Balaban J connectivity index is 1.17. The molecular weight excluding hydrogens is 450 g/mol. The highest BCUT2D eigenvalue weighted by molar-refractivity contribution is 7.14. The summed E-state index contributed by atoms with van der Waals surface area (Å²) in [6, 6.07) is 16.1. The van der Waals surface area contributed by atoms with E-state index in [2.05, 4.69) is 16.2 Å². The lowest BCUT2D eigenvalue weighted by Crippen LogP contribution is -2.41. The molecule has 3 aromatic rings. The molecule has 8 heteroatoms. The Labute approximate surface area is 201 Å². The maximum absolute atomic E-state index is 12.6. The van der Waals surface area contributed by atoms with Gasteiger partial charge in [0.05, 0.1) is 4.88 Å². The van der Waals surface area contributed by atoms with Gasteiger partial charge in [-0.15, -0.1) is 11.3 Å². The summed E-state index contributed by atoms with van der Waals surface area (Å²) in [6.45, 7) is 0. The first-order valence-electron chi connectivity index (χ1n) is 11.4. The monoisotopic (exact) mass is 475 g/mol. The molecule has 1 aliphatic carbocycles. The van der Waals surface area contributed by atoms with Crippen molar-refractivity contribution in [1.29, 1.82) is 0 Å². The van der Waals surface area contributed by atoms with Crippen LogP contribution in [0.1, 0.15) is 55.3 Å².